The van der Waals surface area contributed by atoms with Gasteiger partial charge in [0.2, 0.25) is 0 Å². The molecular formula is C14H17ClN4O3. The molecule has 0 spiro atoms. The molecule has 22 heavy (non-hydrogen) atoms. The number of fused-ring (bicyclic) bond motifs is 1. The smallest absolute Gasteiger partial charge is 0.146 e. The summed E-state index contributed by atoms with van der Waals surface area (Å²) >= 11 is 6.23. The number of hydrogen-bond donors (Lipinski definition) is 3. The highest BCUT2D eigenvalue weighted by atomic mass is 35.5. The van der Waals surface area contributed by atoms with Gasteiger partial charge in [0.25, 0.3) is 0 Å². The minimum Gasteiger partial charge on any atom is -0.390 e. The van der Waals surface area contributed by atoms with E-state index in [1.165, 1.54) is 0 Å². The van der Waals surface area contributed by atoms with Crippen molar-refractivity contribution in [3.63, 3.8) is 0 Å². The van der Waals surface area contributed by atoms with Crippen LogP contribution in [-0.2, 0) is 0 Å². The highest BCUT2D eigenvalue weighted by molar-refractivity contribution is 6.35. The zero-order chi connectivity index (χ0) is 16.0. The van der Waals surface area contributed by atoms with Crippen LogP contribution < -0.4 is 0 Å². The van der Waals surface area contributed by atoms with Crippen LogP contribution in [0.3, 0.4) is 0 Å². The van der Waals surface area contributed by atoms with Gasteiger partial charge in [0.05, 0.1) is 17.5 Å². The fraction of sp³-hybridized carbons (Fsp3) is 0.500. The fourth-order valence-corrected chi connectivity index (χ4v) is 3.30. The van der Waals surface area contributed by atoms with Crippen molar-refractivity contribution in [1.29, 1.82) is 0 Å². The van der Waals surface area contributed by atoms with Gasteiger partial charge in [0, 0.05) is 25.0 Å². The normalized spacial score (nSPS) is 29.0. The molecule has 3 N–H and O–H groups in total. The van der Waals surface area contributed by atoms with Crippen molar-refractivity contribution in [2.45, 2.75) is 37.7 Å². The first-order valence-electron chi connectivity index (χ1n) is 6.95. The van der Waals surface area contributed by atoms with Crippen LogP contribution in [0.4, 0.5) is 0 Å². The van der Waals surface area contributed by atoms with E-state index in [4.69, 9.17) is 11.6 Å². The highest BCUT2D eigenvalue weighted by Gasteiger charge is 2.42. The van der Waals surface area contributed by atoms with Crippen molar-refractivity contribution in [1.82, 2.24) is 14.5 Å². The fourth-order valence-electron chi connectivity index (χ4n) is 2.98. The van der Waals surface area contributed by atoms with Gasteiger partial charge in [-0.15, -0.1) is 0 Å². The molecule has 1 aliphatic carbocycles. The number of nitrogens with zero attached hydrogens (tertiary/aromatic N) is 4. The lowest BCUT2D eigenvalue weighted by atomic mass is 10.2. The van der Waals surface area contributed by atoms with E-state index < -0.39 is 24.4 Å². The Hall–Kier alpha value is -1.54. The van der Waals surface area contributed by atoms with E-state index in [1.807, 2.05) is 0 Å². The topological polar surface area (TPSA) is 104 Å². The minimum atomic E-state index is -1.18. The van der Waals surface area contributed by atoms with Crippen molar-refractivity contribution in [2.75, 3.05) is 7.05 Å². The summed E-state index contributed by atoms with van der Waals surface area (Å²) in [7, 11) is 1.64. The number of rotatable bonds is 2. The molecule has 2 aromatic heterocycles. The SMILES string of the molecule is C/N=C/c1cn([C@@H]2C[C@H](O)[C@@H](O)[C@H]2O)c2nc(C)nc(Cl)c12. The summed E-state index contributed by atoms with van der Waals surface area (Å²) in [6, 6.07) is -0.489. The van der Waals surface area contributed by atoms with E-state index in [1.54, 1.807) is 30.9 Å². The molecular weight excluding hydrogens is 308 g/mol. The summed E-state index contributed by atoms with van der Waals surface area (Å²) in [6.07, 6.45) is 0.401. The van der Waals surface area contributed by atoms with Crippen LogP contribution in [-0.4, -0.2) is 61.4 Å². The summed E-state index contributed by atoms with van der Waals surface area (Å²) in [5.74, 6) is 0.505. The van der Waals surface area contributed by atoms with E-state index in [0.29, 0.717) is 22.0 Å². The molecule has 1 saturated carbocycles. The third kappa shape index (κ3) is 2.30. The predicted octanol–water partition coefficient (Wildman–Crippen LogP) is 0.469. The van der Waals surface area contributed by atoms with E-state index in [0.717, 1.165) is 5.56 Å². The number of aryl methyl sites for hydroxylation is 1. The minimum absolute atomic E-state index is 0.232. The molecule has 0 unspecified atom stereocenters. The second-order valence-electron chi connectivity index (χ2n) is 5.49. The standard InChI is InChI=1S/C14H17ClN4O3/c1-6-17-13(15)10-7(4-16-2)5-19(14(10)18-6)8-3-9(20)12(22)11(8)21/h4-5,8-9,11-12,20-22H,3H2,1-2H3/b16-4+/t8-,9+,11+,12-/m1/s1. The maximum Gasteiger partial charge on any atom is 0.146 e. The van der Waals surface area contributed by atoms with Crippen LogP contribution >= 0.6 is 11.6 Å². The Labute approximate surface area is 131 Å². The maximum atomic E-state index is 10.2. The maximum absolute atomic E-state index is 10.2. The van der Waals surface area contributed by atoms with Gasteiger partial charge < -0.3 is 19.9 Å². The van der Waals surface area contributed by atoms with Crippen LogP contribution in [0.2, 0.25) is 5.15 Å². The summed E-state index contributed by atoms with van der Waals surface area (Å²) in [4.78, 5) is 12.5. The lowest BCUT2D eigenvalue weighted by Crippen LogP contribution is -2.31. The van der Waals surface area contributed by atoms with Crippen LogP contribution in [0, 0.1) is 6.92 Å². The molecule has 2 aromatic rings. The number of aromatic nitrogens is 3. The summed E-state index contributed by atoms with van der Waals surface area (Å²) in [5, 5.41) is 30.7. The predicted molar refractivity (Wildman–Crippen MR) is 82.5 cm³/mol. The molecule has 4 atom stereocenters. The van der Waals surface area contributed by atoms with E-state index in [9.17, 15) is 15.3 Å². The van der Waals surface area contributed by atoms with Gasteiger partial charge in [-0.05, 0) is 13.3 Å². The van der Waals surface area contributed by atoms with Crippen molar-refractivity contribution in [3.8, 4) is 0 Å². The van der Waals surface area contributed by atoms with E-state index >= 15 is 0 Å². The number of aliphatic imine (C=N–C) groups is 1. The van der Waals surface area contributed by atoms with Gasteiger partial charge in [-0.3, -0.25) is 4.99 Å². The number of halogens is 1. The van der Waals surface area contributed by atoms with Crippen LogP contribution in [0.25, 0.3) is 11.0 Å². The number of aliphatic hydroxyl groups is 3. The van der Waals surface area contributed by atoms with Gasteiger partial charge in [-0.25, -0.2) is 9.97 Å². The molecule has 0 aromatic carbocycles. The van der Waals surface area contributed by atoms with Gasteiger partial charge in [0.15, 0.2) is 0 Å². The summed E-state index contributed by atoms with van der Waals surface area (Å²) in [5.41, 5.74) is 1.28. The molecule has 118 valence electrons. The zero-order valence-corrected chi connectivity index (χ0v) is 12.9. The Kier molecular flexibility index (Phi) is 3.90. The van der Waals surface area contributed by atoms with Crippen LogP contribution in [0.15, 0.2) is 11.2 Å². The van der Waals surface area contributed by atoms with Crippen LogP contribution in [0.1, 0.15) is 23.9 Å². The van der Waals surface area contributed by atoms with E-state index in [-0.39, 0.29) is 6.42 Å². The molecule has 0 saturated heterocycles. The van der Waals surface area contributed by atoms with Crippen LogP contribution in [0.5, 0.6) is 0 Å². The Bertz CT molecular complexity index is 745. The highest BCUT2D eigenvalue weighted by Crippen LogP contribution is 2.36. The largest absolute Gasteiger partial charge is 0.390 e. The molecule has 0 aliphatic heterocycles. The first-order chi connectivity index (χ1) is 10.4. The Morgan fingerprint density at radius 1 is 1.32 bits per heavy atom. The second-order valence-corrected chi connectivity index (χ2v) is 5.85. The molecule has 1 aliphatic rings. The molecule has 3 rings (SSSR count). The lowest BCUT2D eigenvalue weighted by Gasteiger charge is -2.18. The molecule has 0 amide bonds. The van der Waals surface area contributed by atoms with Gasteiger partial charge >= 0.3 is 0 Å². The molecule has 0 radical (unpaired) electrons. The molecule has 0 bridgehead atoms. The Morgan fingerprint density at radius 2 is 2.05 bits per heavy atom. The van der Waals surface area contributed by atoms with Crippen molar-refractivity contribution in [3.05, 3.63) is 22.7 Å². The number of aliphatic hydroxyl groups excluding tert-OH is 3. The lowest BCUT2D eigenvalue weighted by molar-refractivity contribution is -0.0244. The molecule has 7 nitrogen and oxygen atoms in total. The average Bonchev–Trinajstić information content (AvgIpc) is 2.92. The number of hydrogen-bond acceptors (Lipinski definition) is 6. The first kappa shape index (κ1) is 15.4. The Balaban J connectivity index is 2.22. The van der Waals surface area contributed by atoms with Crippen molar-refractivity contribution >= 4 is 28.8 Å². The quantitative estimate of drug-likeness (QED) is 0.550. The monoisotopic (exact) mass is 324 g/mol. The molecule has 1 fully saturated rings. The molecule has 8 heteroatoms. The van der Waals surface area contributed by atoms with Crippen molar-refractivity contribution in [2.24, 2.45) is 4.99 Å². The second kappa shape index (κ2) is 5.58. The van der Waals surface area contributed by atoms with Gasteiger partial charge in [0.1, 0.15) is 28.8 Å². The van der Waals surface area contributed by atoms with E-state index in [2.05, 4.69) is 15.0 Å². The third-order valence-electron chi connectivity index (χ3n) is 4.02. The van der Waals surface area contributed by atoms with Gasteiger partial charge in [-0.2, -0.15) is 0 Å². The summed E-state index contributed by atoms with van der Waals surface area (Å²) in [6.45, 7) is 1.73. The molecule has 2 heterocycles. The average molecular weight is 325 g/mol. The summed E-state index contributed by atoms with van der Waals surface area (Å²) < 4.78 is 1.73. The first-order valence-corrected chi connectivity index (χ1v) is 7.33. The Morgan fingerprint density at radius 3 is 2.64 bits per heavy atom. The zero-order valence-electron chi connectivity index (χ0n) is 12.2. The third-order valence-corrected chi connectivity index (χ3v) is 4.29. The van der Waals surface area contributed by atoms with Gasteiger partial charge in [-0.1, -0.05) is 11.6 Å². The van der Waals surface area contributed by atoms with Crippen molar-refractivity contribution < 1.29 is 15.3 Å².